The first kappa shape index (κ1) is 14.4. The molecule has 3 atom stereocenters. The highest BCUT2D eigenvalue weighted by molar-refractivity contribution is 9.09. The Bertz CT molecular complexity index is 539. The molecule has 3 unspecified atom stereocenters. The minimum Gasteiger partial charge on any atom is -0.111 e. The third-order valence-corrected chi connectivity index (χ3v) is 8.88. The van der Waals surface area contributed by atoms with E-state index in [4.69, 9.17) is 23.2 Å². The monoisotopic (exact) mass is 392 g/mol. The van der Waals surface area contributed by atoms with Crippen LogP contribution in [-0.4, -0.2) is 0 Å². The highest BCUT2D eigenvalue weighted by Crippen LogP contribution is 2.70. The summed E-state index contributed by atoms with van der Waals surface area (Å²) in [5.74, 6) is 1.88. The van der Waals surface area contributed by atoms with Crippen LogP contribution in [0.5, 0.6) is 0 Å². The van der Waals surface area contributed by atoms with Crippen molar-refractivity contribution in [1.29, 1.82) is 0 Å². The molecule has 4 aliphatic carbocycles. The second-order valence-electron chi connectivity index (χ2n) is 7.78. The molecular weight excluding hydrogens is 375 g/mol. The summed E-state index contributed by atoms with van der Waals surface area (Å²) < 4.78 is 1.68. The van der Waals surface area contributed by atoms with Crippen molar-refractivity contribution in [2.24, 2.45) is 22.7 Å². The molecule has 0 spiro atoms. The largest absolute Gasteiger partial charge is 0.111 e. The lowest BCUT2D eigenvalue weighted by Gasteiger charge is -2.62. The molecule has 4 aliphatic rings. The van der Waals surface area contributed by atoms with Crippen molar-refractivity contribution in [2.45, 2.75) is 50.3 Å². The summed E-state index contributed by atoms with van der Waals surface area (Å²) in [5.41, 5.74) is 2.21. The Balaban J connectivity index is 1.72. The summed E-state index contributed by atoms with van der Waals surface area (Å²) in [5, 5.41) is 0. The third kappa shape index (κ3) is 2.13. The van der Waals surface area contributed by atoms with Gasteiger partial charge in [0.15, 0.2) is 0 Å². The number of hydrogen-bond donors (Lipinski definition) is 0. The zero-order valence-corrected chi connectivity index (χ0v) is 15.5. The molecule has 20 heavy (non-hydrogen) atoms. The summed E-state index contributed by atoms with van der Waals surface area (Å²) in [6.45, 7) is 2.52. The van der Waals surface area contributed by atoms with Crippen molar-refractivity contribution in [3.8, 4) is 0 Å². The summed E-state index contributed by atoms with van der Waals surface area (Å²) in [7, 11) is 0. The normalized spacial score (nSPS) is 44.0. The van der Waals surface area contributed by atoms with Gasteiger partial charge in [0, 0.05) is 4.83 Å². The van der Waals surface area contributed by atoms with Gasteiger partial charge >= 0.3 is 0 Å². The van der Waals surface area contributed by atoms with E-state index >= 15 is 0 Å². The minimum absolute atomic E-state index is 0.372. The van der Waals surface area contributed by atoms with Gasteiger partial charge in [0.1, 0.15) is 0 Å². The molecule has 1 aromatic rings. The average Bonchev–Trinajstić information content (AvgIpc) is 2.64. The molecule has 0 aromatic carbocycles. The summed E-state index contributed by atoms with van der Waals surface area (Å²) >= 11 is 18.1. The van der Waals surface area contributed by atoms with Crippen molar-refractivity contribution in [2.75, 3.05) is 0 Å². The van der Waals surface area contributed by atoms with Gasteiger partial charge in [-0.2, -0.15) is 0 Å². The van der Waals surface area contributed by atoms with E-state index in [9.17, 15) is 0 Å². The molecule has 1 heterocycles. The smallest absolute Gasteiger partial charge is 0.0987 e. The maximum Gasteiger partial charge on any atom is 0.0987 e. The second-order valence-corrected chi connectivity index (χ2v) is 11.0. The van der Waals surface area contributed by atoms with Crippen LogP contribution in [0.2, 0.25) is 8.67 Å². The molecule has 0 nitrogen and oxygen atoms in total. The quantitative estimate of drug-likeness (QED) is 0.470. The van der Waals surface area contributed by atoms with E-state index in [1.165, 1.54) is 55.4 Å². The molecule has 0 amide bonds. The number of rotatable bonds is 2. The van der Waals surface area contributed by atoms with E-state index in [0.717, 1.165) is 20.5 Å². The van der Waals surface area contributed by atoms with E-state index in [-0.39, 0.29) is 0 Å². The Hall–Kier alpha value is 0.760. The van der Waals surface area contributed by atoms with Gasteiger partial charge in [-0.15, -0.1) is 11.3 Å². The van der Waals surface area contributed by atoms with Crippen molar-refractivity contribution >= 4 is 50.5 Å². The van der Waals surface area contributed by atoms with Crippen molar-refractivity contribution in [3.05, 3.63) is 20.3 Å². The van der Waals surface area contributed by atoms with E-state index in [1.807, 2.05) is 0 Å². The van der Waals surface area contributed by atoms with Gasteiger partial charge in [-0.3, -0.25) is 0 Å². The standard InChI is InChI=1S/C16H19BrCl2S/c1-15-4-9-2-10(5-15)7-16(6-9,8-15)13(17)11-3-12(18)20-14(11)19/h3,9-10,13H,2,4-8H2,1H3. The zero-order valence-electron chi connectivity index (χ0n) is 11.6. The van der Waals surface area contributed by atoms with Crippen LogP contribution in [0.1, 0.15) is 55.8 Å². The summed E-state index contributed by atoms with van der Waals surface area (Å²) in [6, 6.07) is 2.08. The van der Waals surface area contributed by atoms with Gasteiger partial charge in [0.25, 0.3) is 0 Å². The second kappa shape index (κ2) is 4.63. The Kier molecular flexibility index (Phi) is 3.32. The van der Waals surface area contributed by atoms with Crippen molar-refractivity contribution in [3.63, 3.8) is 0 Å². The molecule has 4 heteroatoms. The lowest BCUT2D eigenvalue weighted by atomic mass is 9.44. The van der Waals surface area contributed by atoms with Crippen molar-refractivity contribution < 1.29 is 0 Å². The summed E-state index contributed by atoms with van der Waals surface area (Å²) in [4.78, 5) is 0.372. The molecule has 1 aromatic heterocycles. The average molecular weight is 394 g/mol. The predicted octanol–water partition coefficient (Wildman–Crippen LogP) is 7.10. The zero-order chi connectivity index (χ0) is 14.1. The first-order chi connectivity index (χ1) is 9.39. The van der Waals surface area contributed by atoms with E-state index in [1.54, 1.807) is 0 Å². The van der Waals surface area contributed by atoms with Crippen molar-refractivity contribution in [1.82, 2.24) is 0 Å². The van der Waals surface area contributed by atoms with Gasteiger partial charge in [-0.25, -0.2) is 0 Å². The van der Waals surface area contributed by atoms with Crippen LogP contribution >= 0.6 is 50.5 Å². The number of halogens is 3. The van der Waals surface area contributed by atoms with Crippen LogP contribution in [-0.2, 0) is 0 Å². The molecule has 4 bridgehead atoms. The van der Waals surface area contributed by atoms with Crippen LogP contribution in [0.4, 0.5) is 0 Å². The van der Waals surface area contributed by atoms with Gasteiger partial charge in [0.05, 0.1) is 8.67 Å². The lowest BCUT2D eigenvalue weighted by molar-refractivity contribution is -0.101. The number of thiophene rings is 1. The molecule has 0 saturated heterocycles. The molecule has 110 valence electrons. The molecule has 0 aliphatic heterocycles. The topological polar surface area (TPSA) is 0 Å². The molecule has 0 radical (unpaired) electrons. The highest BCUT2D eigenvalue weighted by Gasteiger charge is 2.58. The van der Waals surface area contributed by atoms with E-state index in [0.29, 0.717) is 15.7 Å². The first-order valence-corrected chi connectivity index (χ1v) is 9.97. The molecule has 4 fully saturated rings. The van der Waals surface area contributed by atoms with Crippen LogP contribution < -0.4 is 0 Å². The van der Waals surface area contributed by atoms with Gasteiger partial charge in [-0.05, 0) is 72.8 Å². The summed E-state index contributed by atoms with van der Waals surface area (Å²) in [6.07, 6.45) is 8.46. The number of alkyl halides is 1. The fourth-order valence-corrected chi connectivity index (χ4v) is 8.66. The SMILES string of the molecule is CC12CC3CC(C1)CC(C(Br)c1cc(Cl)sc1Cl)(C3)C2. The fraction of sp³-hybridized carbons (Fsp3) is 0.750. The van der Waals surface area contributed by atoms with E-state index in [2.05, 4.69) is 28.9 Å². The minimum atomic E-state index is 0.372. The Morgan fingerprint density at radius 2 is 1.90 bits per heavy atom. The lowest BCUT2D eigenvalue weighted by Crippen LogP contribution is -2.52. The molecular formula is C16H19BrCl2S. The number of hydrogen-bond acceptors (Lipinski definition) is 1. The van der Waals surface area contributed by atoms with Crippen LogP contribution in [0.15, 0.2) is 6.07 Å². The highest BCUT2D eigenvalue weighted by atomic mass is 79.9. The maximum absolute atomic E-state index is 6.42. The van der Waals surface area contributed by atoms with Gasteiger partial charge < -0.3 is 0 Å². The predicted molar refractivity (Wildman–Crippen MR) is 91.2 cm³/mol. The Morgan fingerprint density at radius 1 is 1.25 bits per heavy atom. The molecule has 5 rings (SSSR count). The fourth-order valence-electron chi connectivity index (χ4n) is 5.95. The van der Waals surface area contributed by atoms with Gasteiger partial charge in [-0.1, -0.05) is 46.1 Å². The maximum atomic E-state index is 6.42. The molecule has 4 saturated carbocycles. The third-order valence-electron chi connectivity index (χ3n) is 5.89. The van der Waals surface area contributed by atoms with Gasteiger partial charge in [0.2, 0.25) is 0 Å². The molecule has 0 N–H and O–H groups in total. The Morgan fingerprint density at radius 3 is 2.40 bits per heavy atom. The van der Waals surface area contributed by atoms with Crippen LogP contribution in [0.3, 0.4) is 0 Å². The first-order valence-electron chi connectivity index (χ1n) is 7.48. The Labute approximate surface area is 143 Å². The van der Waals surface area contributed by atoms with E-state index < -0.39 is 0 Å². The van der Waals surface area contributed by atoms with Crippen LogP contribution in [0.25, 0.3) is 0 Å². The van der Waals surface area contributed by atoms with Crippen LogP contribution in [0, 0.1) is 22.7 Å².